The summed E-state index contributed by atoms with van der Waals surface area (Å²) in [5.41, 5.74) is -0.268. The molecule has 2 N–H and O–H groups in total. The van der Waals surface area contributed by atoms with Crippen molar-refractivity contribution >= 4 is 11.0 Å². The zero-order valence-corrected chi connectivity index (χ0v) is 7.41. The molecular weight excluding hydrogens is 182 g/mol. The van der Waals surface area contributed by atoms with Gasteiger partial charge in [0.15, 0.2) is 0 Å². The molecule has 14 heavy (non-hydrogen) atoms. The van der Waals surface area contributed by atoms with Gasteiger partial charge in [-0.1, -0.05) is 6.08 Å². The molecule has 0 fully saturated rings. The summed E-state index contributed by atoms with van der Waals surface area (Å²) in [6.45, 7) is 3.91. The van der Waals surface area contributed by atoms with Crippen LogP contribution in [-0.4, -0.2) is 14.5 Å². The van der Waals surface area contributed by atoms with Crippen LogP contribution in [0.3, 0.4) is 0 Å². The van der Waals surface area contributed by atoms with Crippen molar-refractivity contribution in [3.8, 4) is 0 Å². The van der Waals surface area contributed by atoms with Crippen molar-refractivity contribution in [3.05, 3.63) is 45.8 Å². The molecule has 0 aliphatic carbocycles. The number of fused-ring (bicyclic) bond motifs is 1. The number of nitrogens with one attached hydrogen (secondary N) is 2. The Kier molecular flexibility index (Phi) is 1.85. The van der Waals surface area contributed by atoms with Crippen molar-refractivity contribution in [1.82, 2.24) is 14.5 Å². The maximum Gasteiger partial charge on any atom is 0.330 e. The van der Waals surface area contributed by atoms with Crippen molar-refractivity contribution in [2.24, 2.45) is 0 Å². The molecule has 2 aromatic rings. The van der Waals surface area contributed by atoms with E-state index >= 15 is 0 Å². The maximum atomic E-state index is 11.4. The van der Waals surface area contributed by atoms with E-state index in [4.69, 9.17) is 0 Å². The molecule has 0 aromatic carbocycles. The van der Waals surface area contributed by atoms with Gasteiger partial charge in [-0.15, -0.1) is 6.58 Å². The zero-order valence-electron chi connectivity index (χ0n) is 7.41. The number of aromatic nitrogens is 3. The molecule has 5 nitrogen and oxygen atoms in total. The first kappa shape index (κ1) is 8.55. The van der Waals surface area contributed by atoms with Gasteiger partial charge in [0.05, 0.1) is 5.39 Å². The van der Waals surface area contributed by atoms with Crippen LogP contribution >= 0.6 is 0 Å². The van der Waals surface area contributed by atoms with Gasteiger partial charge < -0.3 is 4.98 Å². The maximum absolute atomic E-state index is 11.4. The van der Waals surface area contributed by atoms with Crippen LogP contribution in [0.25, 0.3) is 11.0 Å². The predicted molar refractivity (Wildman–Crippen MR) is 53.4 cm³/mol. The SMILES string of the molecule is C=CCn1c(=O)[nH]c(=O)c2cc[nH]c21. The highest BCUT2D eigenvalue weighted by molar-refractivity contribution is 5.74. The third-order valence-electron chi connectivity index (χ3n) is 2.02. The summed E-state index contributed by atoms with van der Waals surface area (Å²) in [5, 5.41) is 0.478. The number of hydrogen-bond acceptors (Lipinski definition) is 2. The smallest absolute Gasteiger partial charge is 0.330 e. The Morgan fingerprint density at radius 1 is 1.50 bits per heavy atom. The van der Waals surface area contributed by atoms with Crippen LogP contribution < -0.4 is 11.2 Å². The standard InChI is InChI=1S/C9H9N3O2/c1-2-5-12-7-6(3-4-10-7)8(13)11-9(12)14/h2-4,10H,1,5H2,(H,11,13,14). The molecule has 0 aliphatic rings. The summed E-state index contributed by atoms with van der Waals surface area (Å²) < 4.78 is 1.42. The number of rotatable bonds is 2. The van der Waals surface area contributed by atoms with Crippen LogP contribution in [0.2, 0.25) is 0 Å². The molecule has 0 atom stereocenters. The summed E-state index contributed by atoms with van der Waals surface area (Å²) in [6, 6.07) is 1.63. The van der Waals surface area contributed by atoms with E-state index in [0.29, 0.717) is 17.6 Å². The van der Waals surface area contributed by atoms with Gasteiger partial charge in [0.25, 0.3) is 5.56 Å². The summed E-state index contributed by atoms with van der Waals surface area (Å²) in [5.74, 6) is 0. The monoisotopic (exact) mass is 191 g/mol. The van der Waals surface area contributed by atoms with Gasteiger partial charge in [-0.25, -0.2) is 4.79 Å². The fourth-order valence-electron chi connectivity index (χ4n) is 1.40. The lowest BCUT2D eigenvalue weighted by molar-refractivity contribution is 0.767. The highest BCUT2D eigenvalue weighted by Crippen LogP contribution is 2.03. The van der Waals surface area contributed by atoms with Gasteiger partial charge in [-0.2, -0.15) is 0 Å². The first-order valence-electron chi connectivity index (χ1n) is 4.15. The highest BCUT2D eigenvalue weighted by atomic mass is 16.2. The van der Waals surface area contributed by atoms with Gasteiger partial charge in [0.2, 0.25) is 0 Å². The topological polar surface area (TPSA) is 70.7 Å². The number of H-pyrrole nitrogens is 2. The summed E-state index contributed by atoms with van der Waals surface area (Å²) in [7, 11) is 0. The number of aromatic amines is 2. The van der Waals surface area contributed by atoms with Crippen LogP contribution in [0.1, 0.15) is 0 Å². The van der Waals surface area contributed by atoms with E-state index in [2.05, 4.69) is 16.5 Å². The largest absolute Gasteiger partial charge is 0.347 e. The fraction of sp³-hybridized carbons (Fsp3) is 0.111. The molecule has 2 heterocycles. The number of allylic oxidation sites excluding steroid dienone is 1. The lowest BCUT2D eigenvalue weighted by atomic mass is 10.4. The molecule has 0 saturated carbocycles. The first-order valence-corrected chi connectivity index (χ1v) is 4.15. The molecule has 0 saturated heterocycles. The second-order valence-electron chi connectivity index (χ2n) is 2.90. The van der Waals surface area contributed by atoms with Crippen molar-refractivity contribution in [3.63, 3.8) is 0 Å². The molecule has 5 heteroatoms. The van der Waals surface area contributed by atoms with E-state index in [-0.39, 0.29) is 5.56 Å². The van der Waals surface area contributed by atoms with Crippen LogP contribution in [-0.2, 0) is 6.54 Å². The summed E-state index contributed by atoms with van der Waals surface area (Å²) in [4.78, 5) is 27.8. The van der Waals surface area contributed by atoms with Crippen LogP contribution in [0.5, 0.6) is 0 Å². The van der Waals surface area contributed by atoms with Gasteiger partial charge in [0.1, 0.15) is 5.65 Å². The summed E-state index contributed by atoms with van der Waals surface area (Å²) in [6.07, 6.45) is 3.22. The minimum atomic E-state index is -0.426. The van der Waals surface area contributed by atoms with E-state index in [1.54, 1.807) is 18.3 Å². The van der Waals surface area contributed by atoms with Crippen molar-refractivity contribution in [2.75, 3.05) is 0 Å². The Hall–Kier alpha value is -2.04. The molecule has 2 rings (SSSR count). The molecular formula is C9H9N3O2. The second kappa shape index (κ2) is 3.02. The van der Waals surface area contributed by atoms with Crippen LogP contribution in [0.4, 0.5) is 0 Å². The van der Waals surface area contributed by atoms with E-state index in [1.165, 1.54) is 4.57 Å². The average Bonchev–Trinajstić information content (AvgIpc) is 2.60. The van der Waals surface area contributed by atoms with Gasteiger partial charge >= 0.3 is 5.69 Å². The zero-order chi connectivity index (χ0) is 10.1. The minimum Gasteiger partial charge on any atom is -0.347 e. The van der Waals surface area contributed by atoms with Crippen molar-refractivity contribution < 1.29 is 0 Å². The van der Waals surface area contributed by atoms with Gasteiger partial charge in [-0.05, 0) is 6.07 Å². The quantitative estimate of drug-likeness (QED) is 0.666. The molecule has 0 unspecified atom stereocenters. The van der Waals surface area contributed by atoms with Crippen LogP contribution in [0.15, 0.2) is 34.5 Å². The lowest BCUT2D eigenvalue weighted by Crippen LogP contribution is -2.29. The van der Waals surface area contributed by atoms with Gasteiger partial charge in [0, 0.05) is 12.7 Å². The van der Waals surface area contributed by atoms with E-state index in [1.807, 2.05) is 0 Å². The Morgan fingerprint density at radius 2 is 2.29 bits per heavy atom. The molecule has 0 bridgehead atoms. The molecule has 0 spiro atoms. The highest BCUT2D eigenvalue weighted by Gasteiger charge is 2.05. The second-order valence-corrected chi connectivity index (χ2v) is 2.90. The number of nitrogens with zero attached hydrogens (tertiary/aromatic N) is 1. The van der Waals surface area contributed by atoms with Crippen molar-refractivity contribution in [1.29, 1.82) is 0 Å². The Bertz CT molecular complexity index is 588. The molecule has 2 aromatic heterocycles. The lowest BCUT2D eigenvalue weighted by Gasteiger charge is -2.01. The Morgan fingerprint density at radius 3 is 3.00 bits per heavy atom. The molecule has 0 amide bonds. The Balaban J connectivity index is 2.93. The predicted octanol–water partition coefficient (Wildman–Crippen LogP) is 0.204. The van der Waals surface area contributed by atoms with Gasteiger partial charge in [-0.3, -0.25) is 14.3 Å². The molecule has 72 valence electrons. The van der Waals surface area contributed by atoms with E-state index in [0.717, 1.165) is 0 Å². The molecule has 0 aliphatic heterocycles. The normalized spacial score (nSPS) is 10.6. The minimum absolute atomic E-state index is 0.368. The fourth-order valence-corrected chi connectivity index (χ4v) is 1.40. The van der Waals surface area contributed by atoms with E-state index in [9.17, 15) is 9.59 Å². The summed E-state index contributed by atoms with van der Waals surface area (Å²) >= 11 is 0. The first-order chi connectivity index (χ1) is 6.74. The average molecular weight is 191 g/mol. The van der Waals surface area contributed by atoms with E-state index < -0.39 is 5.69 Å². The molecule has 0 radical (unpaired) electrons. The number of hydrogen-bond donors (Lipinski definition) is 2. The third kappa shape index (κ3) is 1.10. The van der Waals surface area contributed by atoms with Crippen molar-refractivity contribution in [2.45, 2.75) is 6.54 Å². The Labute approximate surface area is 78.7 Å². The third-order valence-corrected chi connectivity index (χ3v) is 2.02. The van der Waals surface area contributed by atoms with Crippen LogP contribution in [0, 0.1) is 0 Å².